The van der Waals surface area contributed by atoms with Gasteiger partial charge in [0, 0.05) is 13.2 Å². The van der Waals surface area contributed by atoms with E-state index in [0.717, 1.165) is 0 Å². The SMILES string of the molecule is COC(=O)[C@@H]1CN(C(=O)c2cnn(C)c2)c2ccccc2O1. The van der Waals surface area contributed by atoms with Crippen LogP contribution in [0, 0.1) is 0 Å². The molecule has 3 rings (SSSR count). The number of benzene rings is 1. The molecule has 1 amide bonds. The third-order valence-electron chi connectivity index (χ3n) is 3.43. The number of nitrogens with zero attached hydrogens (tertiary/aromatic N) is 3. The van der Waals surface area contributed by atoms with Gasteiger partial charge in [0.1, 0.15) is 5.75 Å². The molecule has 7 heteroatoms. The maximum absolute atomic E-state index is 12.7. The molecule has 0 N–H and O–H groups in total. The molecule has 1 atom stereocenters. The van der Waals surface area contributed by atoms with Gasteiger partial charge in [0.2, 0.25) is 6.10 Å². The first kappa shape index (κ1) is 14.1. The molecule has 0 unspecified atom stereocenters. The smallest absolute Gasteiger partial charge is 0.348 e. The molecule has 22 heavy (non-hydrogen) atoms. The fraction of sp³-hybridized carbons (Fsp3) is 0.267. The number of aryl methyl sites for hydroxylation is 1. The Labute approximate surface area is 127 Å². The van der Waals surface area contributed by atoms with Gasteiger partial charge in [0.25, 0.3) is 5.91 Å². The molecule has 1 aliphatic rings. The zero-order valence-corrected chi connectivity index (χ0v) is 12.2. The van der Waals surface area contributed by atoms with Crippen LogP contribution in [0.3, 0.4) is 0 Å². The lowest BCUT2D eigenvalue weighted by Crippen LogP contribution is -2.47. The summed E-state index contributed by atoms with van der Waals surface area (Å²) in [7, 11) is 3.03. The van der Waals surface area contributed by atoms with Crippen LogP contribution in [0.1, 0.15) is 10.4 Å². The first-order valence-corrected chi connectivity index (χ1v) is 6.74. The van der Waals surface area contributed by atoms with Gasteiger partial charge in [-0.2, -0.15) is 5.10 Å². The summed E-state index contributed by atoms with van der Waals surface area (Å²) in [4.78, 5) is 26.0. The van der Waals surface area contributed by atoms with Crippen molar-refractivity contribution in [2.45, 2.75) is 6.10 Å². The number of anilines is 1. The van der Waals surface area contributed by atoms with Gasteiger partial charge in [-0.05, 0) is 12.1 Å². The maximum Gasteiger partial charge on any atom is 0.348 e. The van der Waals surface area contributed by atoms with Crippen LogP contribution in [0.2, 0.25) is 0 Å². The summed E-state index contributed by atoms with van der Waals surface area (Å²) >= 11 is 0. The van der Waals surface area contributed by atoms with E-state index >= 15 is 0 Å². The lowest BCUT2D eigenvalue weighted by molar-refractivity contribution is -0.148. The molecule has 1 aromatic heterocycles. The number of fused-ring (bicyclic) bond motifs is 1. The van der Waals surface area contributed by atoms with Gasteiger partial charge >= 0.3 is 5.97 Å². The average molecular weight is 301 g/mol. The Morgan fingerprint density at radius 2 is 2.14 bits per heavy atom. The number of rotatable bonds is 2. The van der Waals surface area contributed by atoms with Crippen LogP contribution >= 0.6 is 0 Å². The van der Waals surface area contributed by atoms with Crippen LogP contribution in [0.5, 0.6) is 5.75 Å². The van der Waals surface area contributed by atoms with Gasteiger partial charge in [-0.15, -0.1) is 0 Å². The van der Waals surface area contributed by atoms with E-state index in [1.807, 2.05) is 6.07 Å². The number of hydrogen-bond donors (Lipinski definition) is 0. The molecule has 2 heterocycles. The zero-order valence-electron chi connectivity index (χ0n) is 12.2. The summed E-state index contributed by atoms with van der Waals surface area (Å²) in [5, 5.41) is 4.01. The van der Waals surface area contributed by atoms with E-state index in [4.69, 9.17) is 9.47 Å². The van der Waals surface area contributed by atoms with E-state index in [1.165, 1.54) is 18.2 Å². The monoisotopic (exact) mass is 301 g/mol. The Bertz CT molecular complexity index is 725. The van der Waals surface area contributed by atoms with Crippen LogP contribution in [0.25, 0.3) is 0 Å². The molecule has 1 aliphatic heterocycles. The molecule has 0 saturated heterocycles. The Balaban J connectivity index is 1.98. The number of amides is 1. The molecule has 0 bridgehead atoms. The molecule has 0 saturated carbocycles. The largest absolute Gasteiger partial charge is 0.475 e. The minimum absolute atomic E-state index is 0.0947. The molecule has 0 fully saturated rings. The number of esters is 1. The molecule has 1 aromatic carbocycles. The van der Waals surface area contributed by atoms with E-state index in [1.54, 1.807) is 36.1 Å². The van der Waals surface area contributed by atoms with Crippen molar-refractivity contribution in [3.63, 3.8) is 0 Å². The van der Waals surface area contributed by atoms with Crippen molar-refractivity contribution in [1.29, 1.82) is 0 Å². The van der Waals surface area contributed by atoms with E-state index < -0.39 is 12.1 Å². The van der Waals surface area contributed by atoms with Crippen molar-refractivity contribution >= 4 is 17.6 Å². The van der Waals surface area contributed by atoms with E-state index in [9.17, 15) is 9.59 Å². The Morgan fingerprint density at radius 3 is 2.82 bits per heavy atom. The molecule has 114 valence electrons. The first-order chi connectivity index (χ1) is 10.6. The lowest BCUT2D eigenvalue weighted by Gasteiger charge is -2.33. The number of methoxy groups -OCH3 is 1. The molecule has 0 radical (unpaired) electrons. The minimum atomic E-state index is -0.847. The van der Waals surface area contributed by atoms with E-state index in [2.05, 4.69) is 5.10 Å². The summed E-state index contributed by atoms with van der Waals surface area (Å²) < 4.78 is 11.9. The second kappa shape index (κ2) is 5.51. The van der Waals surface area contributed by atoms with Crippen molar-refractivity contribution in [1.82, 2.24) is 9.78 Å². The molecular formula is C15H15N3O4. The summed E-state index contributed by atoms with van der Waals surface area (Å²) in [5.41, 5.74) is 1.07. The Morgan fingerprint density at radius 1 is 1.36 bits per heavy atom. The summed E-state index contributed by atoms with van der Waals surface area (Å²) in [6.07, 6.45) is 2.28. The fourth-order valence-electron chi connectivity index (χ4n) is 2.37. The van der Waals surface area contributed by atoms with Crippen molar-refractivity contribution in [2.24, 2.45) is 7.05 Å². The topological polar surface area (TPSA) is 73.7 Å². The first-order valence-electron chi connectivity index (χ1n) is 6.74. The number of aromatic nitrogens is 2. The number of hydrogen-bond acceptors (Lipinski definition) is 5. The Hall–Kier alpha value is -2.83. The molecule has 0 spiro atoms. The van der Waals surface area contributed by atoms with Crippen LogP contribution in [-0.4, -0.2) is 41.4 Å². The maximum atomic E-state index is 12.7. The van der Waals surface area contributed by atoms with Crippen LogP contribution in [-0.2, 0) is 16.6 Å². The van der Waals surface area contributed by atoms with Gasteiger partial charge in [-0.1, -0.05) is 12.1 Å². The van der Waals surface area contributed by atoms with Crippen molar-refractivity contribution in [3.05, 3.63) is 42.2 Å². The van der Waals surface area contributed by atoms with Gasteiger partial charge in [0.05, 0.1) is 31.1 Å². The molecule has 0 aliphatic carbocycles. The normalized spacial score (nSPS) is 16.6. The quantitative estimate of drug-likeness (QED) is 0.774. The van der Waals surface area contributed by atoms with Gasteiger partial charge < -0.3 is 14.4 Å². The minimum Gasteiger partial charge on any atom is -0.475 e. The van der Waals surface area contributed by atoms with Gasteiger partial charge in [-0.25, -0.2) is 4.79 Å². The number of carbonyl (C=O) groups excluding carboxylic acids is 2. The second-order valence-corrected chi connectivity index (χ2v) is 4.92. The second-order valence-electron chi connectivity index (χ2n) is 4.92. The van der Waals surface area contributed by atoms with Gasteiger partial charge in [0.15, 0.2) is 0 Å². The van der Waals surface area contributed by atoms with Crippen LogP contribution < -0.4 is 9.64 Å². The van der Waals surface area contributed by atoms with Crippen LogP contribution in [0.15, 0.2) is 36.7 Å². The third kappa shape index (κ3) is 2.41. The highest BCUT2D eigenvalue weighted by Crippen LogP contribution is 2.34. The number of ether oxygens (including phenoxy) is 2. The lowest BCUT2D eigenvalue weighted by atomic mass is 10.1. The number of carbonyl (C=O) groups is 2. The summed E-state index contributed by atoms with van der Waals surface area (Å²) in [6, 6.07) is 7.08. The van der Waals surface area contributed by atoms with E-state index in [-0.39, 0.29) is 12.5 Å². The highest BCUT2D eigenvalue weighted by Gasteiger charge is 2.35. The zero-order chi connectivity index (χ0) is 15.7. The van der Waals surface area contributed by atoms with Gasteiger partial charge in [-0.3, -0.25) is 9.48 Å². The van der Waals surface area contributed by atoms with Crippen molar-refractivity contribution in [2.75, 3.05) is 18.6 Å². The predicted molar refractivity (Wildman–Crippen MR) is 77.8 cm³/mol. The van der Waals surface area contributed by atoms with E-state index in [0.29, 0.717) is 17.0 Å². The summed E-state index contributed by atoms with van der Waals surface area (Å²) in [6.45, 7) is 0.0947. The number of para-hydroxylation sites is 2. The highest BCUT2D eigenvalue weighted by atomic mass is 16.6. The molecular weight excluding hydrogens is 286 g/mol. The Kier molecular flexibility index (Phi) is 3.54. The van der Waals surface area contributed by atoms with Crippen molar-refractivity contribution in [3.8, 4) is 5.75 Å². The average Bonchev–Trinajstić information content (AvgIpc) is 2.98. The van der Waals surface area contributed by atoms with Crippen LogP contribution in [0.4, 0.5) is 5.69 Å². The summed E-state index contributed by atoms with van der Waals surface area (Å²) in [5.74, 6) is -0.280. The highest BCUT2D eigenvalue weighted by molar-refractivity contribution is 6.07. The predicted octanol–water partition coefficient (Wildman–Crippen LogP) is 1.00. The fourth-order valence-corrected chi connectivity index (χ4v) is 2.37. The third-order valence-corrected chi connectivity index (χ3v) is 3.43. The molecule has 7 nitrogen and oxygen atoms in total. The van der Waals surface area contributed by atoms with Crippen molar-refractivity contribution < 1.29 is 19.1 Å². The standard InChI is InChI=1S/C15H15N3O4/c1-17-8-10(7-16-17)14(19)18-9-13(15(20)21-2)22-12-6-4-3-5-11(12)18/h3-8,13H,9H2,1-2H3/t13-/m0/s1. The molecule has 2 aromatic rings.